The van der Waals surface area contributed by atoms with E-state index in [9.17, 15) is 13.2 Å². The lowest BCUT2D eigenvalue weighted by Gasteiger charge is -2.32. The molecule has 0 amide bonds. The third-order valence-corrected chi connectivity index (χ3v) is 5.81. The minimum Gasteiger partial charge on any atom is -0.356 e. The number of nitrogens with zero attached hydrogens (tertiary/aromatic N) is 6. The molecule has 31 heavy (non-hydrogen) atoms. The van der Waals surface area contributed by atoms with Crippen molar-refractivity contribution in [2.45, 2.75) is 24.9 Å². The van der Waals surface area contributed by atoms with Crippen LogP contribution in [0.5, 0.6) is 0 Å². The summed E-state index contributed by atoms with van der Waals surface area (Å²) < 4.78 is 42.1. The fraction of sp³-hybridized carbons (Fsp3) is 0.333. The zero-order chi connectivity index (χ0) is 21.6. The largest absolute Gasteiger partial charge is 0.417 e. The van der Waals surface area contributed by atoms with Gasteiger partial charge in [-0.1, -0.05) is 18.2 Å². The predicted octanol–water partition coefficient (Wildman–Crippen LogP) is 4.16. The van der Waals surface area contributed by atoms with Crippen LogP contribution in [0.1, 0.15) is 30.1 Å². The lowest BCUT2D eigenvalue weighted by atomic mass is 9.95. The standard InChI is InChI=1S/C21H20F3N7/c1-30-11-17(14-4-2-3-5-16(14)21(22,23)24)28-19(30)13-6-8-31(9-7-13)20-15-10-27-29-18(15)25-12-26-20/h2-5,10-13H,6-9H2,1H3,(H,25,26,27,29). The van der Waals surface area contributed by atoms with E-state index in [1.165, 1.54) is 18.5 Å². The predicted molar refractivity (Wildman–Crippen MR) is 110 cm³/mol. The number of aromatic amines is 1. The van der Waals surface area contributed by atoms with Gasteiger partial charge in [-0.3, -0.25) is 5.10 Å². The maximum absolute atomic E-state index is 13.4. The number of halogens is 3. The molecule has 0 saturated carbocycles. The topological polar surface area (TPSA) is 75.5 Å². The van der Waals surface area contributed by atoms with Crippen molar-refractivity contribution in [1.82, 2.24) is 29.7 Å². The lowest BCUT2D eigenvalue weighted by molar-refractivity contribution is -0.137. The molecule has 0 radical (unpaired) electrons. The van der Waals surface area contributed by atoms with Crippen LogP contribution in [0.2, 0.25) is 0 Å². The Hall–Kier alpha value is -3.43. The molecule has 1 N–H and O–H groups in total. The summed E-state index contributed by atoms with van der Waals surface area (Å²) in [5.74, 6) is 1.81. The third kappa shape index (κ3) is 3.51. The summed E-state index contributed by atoms with van der Waals surface area (Å²) in [5, 5.41) is 7.77. The monoisotopic (exact) mass is 427 g/mol. The van der Waals surface area contributed by atoms with Crippen LogP contribution in [0.3, 0.4) is 0 Å². The molecule has 4 heterocycles. The van der Waals surface area contributed by atoms with Gasteiger partial charge in [0.2, 0.25) is 0 Å². The van der Waals surface area contributed by atoms with Gasteiger partial charge in [0.05, 0.1) is 22.8 Å². The second-order valence-electron chi connectivity index (χ2n) is 7.73. The quantitative estimate of drug-likeness (QED) is 0.532. The van der Waals surface area contributed by atoms with E-state index in [2.05, 4.69) is 30.0 Å². The van der Waals surface area contributed by atoms with E-state index in [-0.39, 0.29) is 11.5 Å². The van der Waals surface area contributed by atoms with E-state index in [4.69, 9.17) is 0 Å². The number of anilines is 1. The van der Waals surface area contributed by atoms with Crippen LogP contribution >= 0.6 is 0 Å². The van der Waals surface area contributed by atoms with Gasteiger partial charge in [0.1, 0.15) is 18.0 Å². The Balaban J connectivity index is 1.38. The Bertz CT molecular complexity index is 1220. The van der Waals surface area contributed by atoms with Crippen LogP contribution in [0, 0.1) is 0 Å². The van der Waals surface area contributed by atoms with Gasteiger partial charge < -0.3 is 9.47 Å². The average molecular weight is 427 g/mol. The number of fused-ring (bicyclic) bond motifs is 1. The molecule has 4 aromatic rings. The fourth-order valence-electron chi connectivity index (χ4n) is 4.30. The van der Waals surface area contributed by atoms with E-state index in [0.29, 0.717) is 11.3 Å². The van der Waals surface area contributed by atoms with Crippen LogP contribution in [0.25, 0.3) is 22.3 Å². The van der Waals surface area contributed by atoms with Crippen molar-refractivity contribution < 1.29 is 13.2 Å². The zero-order valence-corrected chi connectivity index (χ0v) is 16.8. The molecule has 5 rings (SSSR count). The van der Waals surface area contributed by atoms with Gasteiger partial charge in [-0.2, -0.15) is 18.3 Å². The zero-order valence-electron chi connectivity index (χ0n) is 16.8. The summed E-state index contributed by atoms with van der Waals surface area (Å²) in [7, 11) is 1.84. The average Bonchev–Trinajstić information content (AvgIpc) is 3.40. The van der Waals surface area contributed by atoms with Gasteiger partial charge in [-0.15, -0.1) is 0 Å². The first-order valence-electron chi connectivity index (χ1n) is 10.0. The minimum atomic E-state index is -4.42. The molecule has 1 aliphatic rings. The Morgan fingerprint density at radius 1 is 1.10 bits per heavy atom. The van der Waals surface area contributed by atoms with E-state index in [1.54, 1.807) is 18.5 Å². The molecule has 1 aromatic carbocycles. The smallest absolute Gasteiger partial charge is 0.356 e. The molecule has 1 aliphatic heterocycles. The highest BCUT2D eigenvalue weighted by atomic mass is 19.4. The lowest BCUT2D eigenvalue weighted by Crippen LogP contribution is -2.34. The van der Waals surface area contributed by atoms with E-state index in [1.807, 2.05) is 11.6 Å². The Morgan fingerprint density at radius 3 is 2.65 bits per heavy atom. The molecule has 0 aliphatic carbocycles. The molecule has 0 unspecified atom stereocenters. The molecule has 3 aromatic heterocycles. The van der Waals surface area contributed by atoms with Crippen LogP contribution in [0.4, 0.5) is 19.0 Å². The highest BCUT2D eigenvalue weighted by molar-refractivity contribution is 5.86. The molecular weight excluding hydrogens is 407 g/mol. The normalized spacial score (nSPS) is 15.7. The highest BCUT2D eigenvalue weighted by Crippen LogP contribution is 2.38. The number of H-pyrrole nitrogens is 1. The van der Waals surface area contributed by atoms with E-state index >= 15 is 0 Å². The molecule has 0 atom stereocenters. The van der Waals surface area contributed by atoms with Crippen molar-refractivity contribution >= 4 is 16.9 Å². The number of alkyl halides is 3. The van der Waals surface area contributed by atoms with Crippen molar-refractivity contribution in [3.05, 3.63) is 54.4 Å². The van der Waals surface area contributed by atoms with Gasteiger partial charge >= 0.3 is 6.18 Å². The highest BCUT2D eigenvalue weighted by Gasteiger charge is 2.34. The molecule has 0 spiro atoms. The molecule has 1 saturated heterocycles. The number of aromatic nitrogens is 6. The van der Waals surface area contributed by atoms with Crippen LogP contribution in [0.15, 0.2) is 43.0 Å². The van der Waals surface area contributed by atoms with E-state index in [0.717, 1.165) is 49.0 Å². The molecule has 10 heteroatoms. The molecule has 7 nitrogen and oxygen atoms in total. The van der Waals surface area contributed by atoms with Crippen molar-refractivity contribution in [3.8, 4) is 11.3 Å². The van der Waals surface area contributed by atoms with Crippen LogP contribution in [-0.2, 0) is 13.2 Å². The first-order chi connectivity index (χ1) is 14.9. The Morgan fingerprint density at radius 2 is 1.87 bits per heavy atom. The summed E-state index contributed by atoms with van der Waals surface area (Å²) >= 11 is 0. The number of nitrogens with one attached hydrogen (secondary N) is 1. The van der Waals surface area contributed by atoms with Crippen molar-refractivity contribution in [2.24, 2.45) is 7.05 Å². The van der Waals surface area contributed by atoms with Crippen molar-refractivity contribution in [1.29, 1.82) is 0 Å². The minimum absolute atomic E-state index is 0.109. The van der Waals surface area contributed by atoms with Crippen molar-refractivity contribution in [2.75, 3.05) is 18.0 Å². The maximum Gasteiger partial charge on any atom is 0.417 e. The molecule has 0 bridgehead atoms. The summed E-state index contributed by atoms with van der Waals surface area (Å²) in [6.07, 6.45) is 2.16. The number of benzene rings is 1. The number of hydrogen-bond donors (Lipinski definition) is 1. The molecular formula is C21H20F3N7. The number of rotatable bonds is 3. The Kier molecular flexibility index (Phi) is 4.64. The van der Waals surface area contributed by atoms with Gasteiger partial charge in [0, 0.05) is 37.8 Å². The SMILES string of the molecule is Cn1cc(-c2ccccc2C(F)(F)F)nc1C1CCN(c2ncnc3[nH]ncc23)CC1. The van der Waals surface area contributed by atoms with Gasteiger partial charge in [0.15, 0.2) is 5.65 Å². The molecule has 1 fully saturated rings. The molecule has 160 valence electrons. The second-order valence-corrected chi connectivity index (χ2v) is 7.73. The number of hydrogen-bond acceptors (Lipinski definition) is 5. The first-order valence-corrected chi connectivity index (χ1v) is 10.0. The maximum atomic E-state index is 13.4. The third-order valence-electron chi connectivity index (χ3n) is 5.81. The van der Waals surface area contributed by atoms with Gasteiger partial charge in [-0.25, -0.2) is 15.0 Å². The number of piperidine rings is 1. The summed E-state index contributed by atoms with van der Waals surface area (Å²) in [4.78, 5) is 15.4. The second kappa shape index (κ2) is 7.36. The number of aryl methyl sites for hydroxylation is 1. The summed E-state index contributed by atoms with van der Waals surface area (Å²) in [6, 6.07) is 5.58. The number of imidazole rings is 1. The van der Waals surface area contributed by atoms with Crippen LogP contribution < -0.4 is 4.90 Å². The Labute approximate surface area is 176 Å². The summed E-state index contributed by atoms with van der Waals surface area (Å²) in [5.41, 5.74) is 0.493. The fourth-order valence-corrected chi connectivity index (χ4v) is 4.30. The summed E-state index contributed by atoms with van der Waals surface area (Å²) in [6.45, 7) is 1.53. The first kappa shape index (κ1) is 19.5. The van der Waals surface area contributed by atoms with E-state index < -0.39 is 11.7 Å². The van der Waals surface area contributed by atoms with Gasteiger partial charge in [-0.05, 0) is 18.9 Å². The van der Waals surface area contributed by atoms with Gasteiger partial charge in [0.25, 0.3) is 0 Å². The van der Waals surface area contributed by atoms with Crippen LogP contribution in [-0.4, -0.2) is 42.8 Å². The van der Waals surface area contributed by atoms with Crippen molar-refractivity contribution in [3.63, 3.8) is 0 Å².